The highest BCUT2D eigenvalue weighted by atomic mass is 19.4. The second-order valence-corrected chi connectivity index (χ2v) is 12.9. The van der Waals surface area contributed by atoms with Crippen LogP contribution in [0.4, 0.5) is 17.6 Å². The van der Waals surface area contributed by atoms with Gasteiger partial charge in [0.05, 0.1) is 41.6 Å². The molecule has 2 aliphatic carbocycles. The van der Waals surface area contributed by atoms with Crippen molar-refractivity contribution in [3.8, 4) is 17.2 Å². The number of esters is 1. The number of amides is 1. The summed E-state index contributed by atoms with van der Waals surface area (Å²) < 4.78 is 78.8. The Morgan fingerprint density at radius 1 is 0.962 bits per heavy atom. The number of ketones is 3. The third kappa shape index (κ3) is 6.38. The number of hydrogen-bond donors (Lipinski definition) is 4. The van der Waals surface area contributed by atoms with Gasteiger partial charge in [0, 0.05) is 29.5 Å². The second-order valence-electron chi connectivity index (χ2n) is 12.9. The molecule has 280 valence electrons. The van der Waals surface area contributed by atoms with Gasteiger partial charge in [-0.2, -0.15) is 13.2 Å². The number of halogens is 4. The molecule has 0 bridgehead atoms. The largest absolute Gasteiger partial charge is 0.507 e. The van der Waals surface area contributed by atoms with Crippen molar-refractivity contribution in [1.82, 2.24) is 5.32 Å². The maximum atomic E-state index is 16.5. The quantitative estimate of drug-likeness (QED) is 0.122. The van der Waals surface area contributed by atoms with Crippen molar-refractivity contribution in [3.05, 3.63) is 87.5 Å². The van der Waals surface area contributed by atoms with E-state index >= 15 is 4.39 Å². The number of aromatic hydroxyl groups is 2. The average Bonchev–Trinajstić information content (AvgIpc) is 3.11. The predicted molar refractivity (Wildman–Crippen MR) is 170 cm³/mol. The normalized spacial score (nSPS) is 26.5. The van der Waals surface area contributed by atoms with E-state index in [1.807, 2.05) is 0 Å². The van der Waals surface area contributed by atoms with Crippen molar-refractivity contribution in [2.75, 3.05) is 7.11 Å². The van der Waals surface area contributed by atoms with Crippen molar-refractivity contribution in [2.24, 2.45) is 0 Å². The summed E-state index contributed by atoms with van der Waals surface area (Å²) in [7, 11) is 1.23. The molecular weight excluding hydrogens is 714 g/mol. The van der Waals surface area contributed by atoms with Crippen LogP contribution in [0.15, 0.2) is 48.5 Å². The SMILES string of the molecule is COc1cccc2c1C(=O)c1c(O)c3c(c(O)c1C2=O)C[C@@](O)(C(C)=O)C[C@@H]3O[C@@H]1O[C@@H](C)[C@@H](OC(=O)c2ccccc2)[C@@H](NC(=O)C(F)(F)F)[C@@H]1F. The molecule has 1 aliphatic heterocycles. The molecule has 53 heavy (non-hydrogen) atoms. The Bertz CT molecular complexity index is 2040. The summed E-state index contributed by atoms with van der Waals surface area (Å²) in [6, 6.07) is 8.98. The molecule has 4 N–H and O–H groups in total. The number of carbonyl (C=O) groups is 5. The first kappa shape index (κ1) is 37.4. The summed E-state index contributed by atoms with van der Waals surface area (Å²) in [5.41, 5.74) is -5.08. The number of phenols is 2. The number of nitrogens with one attached hydrogen (secondary N) is 1. The van der Waals surface area contributed by atoms with Gasteiger partial charge in [0.15, 0.2) is 30.1 Å². The first-order valence-corrected chi connectivity index (χ1v) is 16.1. The maximum absolute atomic E-state index is 16.5. The molecule has 3 aromatic carbocycles. The zero-order chi connectivity index (χ0) is 38.7. The first-order valence-electron chi connectivity index (χ1n) is 16.1. The van der Waals surface area contributed by atoms with Gasteiger partial charge < -0.3 is 39.6 Å². The minimum absolute atomic E-state index is 0.0406. The molecule has 1 amide bonds. The Hall–Kier alpha value is -5.39. The van der Waals surface area contributed by atoms with E-state index in [9.17, 15) is 52.5 Å². The van der Waals surface area contributed by atoms with Crippen LogP contribution in [-0.4, -0.2) is 94.1 Å². The van der Waals surface area contributed by atoms with Crippen molar-refractivity contribution in [1.29, 1.82) is 0 Å². The van der Waals surface area contributed by atoms with E-state index < -0.39 is 124 Å². The number of carbonyl (C=O) groups excluding carboxylic acids is 5. The average molecular weight is 746 g/mol. The van der Waals surface area contributed by atoms with Gasteiger partial charge in [0.2, 0.25) is 5.78 Å². The van der Waals surface area contributed by atoms with Crippen LogP contribution in [0.25, 0.3) is 0 Å². The monoisotopic (exact) mass is 745 g/mol. The zero-order valence-electron chi connectivity index (χ0n) is 28.0. The van der Waals surface area contributed by atoms with Gasteiger partial charge in [0.25, 0.3) is 0 Å². The van der Waals surface area contributed by atoms with E-state index in [-0.39, 0.29) is 22.4 Å². The molecule has 0 aromatic heterocycles. The van der Waals surface area contributed by atoms with Gasteiger partial charge in [-0.15, -0.1) is 0 Å². The Morgan fingerprint density at radius 2 is 1.62 bits per heavy atom. The van der Waals surface area contributed by atoms with E-state index in [0.29, 0.717) is 0 Å². The van der Waals surface area contributed by atoms with Crippen molar-refractivity contribution >= 4 is 29.2 Å². The summed E-state index contributed by atoms with van der Waals surface area (Å²) in [5, 5.41) is 36.1. The Labute approximate surface area is 297 Å². The molecule has 1 heterocycles. The Balaban J connectivity index is 1.42. The number of methoxy groups -OCH3 is 1. The molecule has 13 nitrogen and oxygen atoms in total. The lowest BCUT2D eigenvalue weighted by Crippen LogP contribution is -2.64. The highest BCUT2D eigenvalue weighted by molar-refractivity contribution is 6.31. The molecule has 7 atom stereocenters. The van der Waals surface area contributed by atoms with Crippen LogP contribution in [0.3, 0.4) is 0 Å². The van der Waals surface area contributed by atoms with Crippen molar-refractivity contribution in [3.63, 3.8) is 0 Å². The van der Waals surface area contributed by atoms with Crippen molar-refractivity contribution in [2.45, 2.75) is 75.3 Å². The second kappa shape index (κ2) is 13.5. The van der Waals surface area contributed by atoms with Crippen LogP contribution in [0.2, 0.25) is 0 Å². The van der Waals surface area contributed by atoms with Crippen LogP contribution in [0.5, 0.6) is 17.2 Å². The molecule has 0 spiro atoms. The molecule has 1 fully saturated rings. The molecular formula is C36H31F4NO12. The third-order valence-corrected chi connectivity index (χ3v) is 9.61. The first-order chi connectivity index (χ1) is 24.9. The zero-order valence-corrected chi connectivity index (χ0v) is 28.0. The van der Waals surface area contributed by atoms with E-state index in [1.165, 1.54) is 61.8 Å². The van der Waals surface area contributed by atoms with E-state index in [0.717, 1.165) is 6.92 Å². The fourth-order valence-corrected chi connectivity index (χ4v) is 6.91. The number of ether oxygens (including phenoxy) is 4. The Morgan fingerprint density at radius 3 is 2.25 bits per heavy atom. The fraction of sp³-hybridized carbons (Fsp3) is 0.361. The topological polar surface area (TPSA) is 195 Å². The van der Waals surface area contributed by atoms with Crippen LogP contribution < -0.4 is 10.1 Å². The summed E-state index contributed by atoms with van der Waals surface area (Å²) in [6.45, 7) is 2.17. The molecule has 6 rings (SSSR count). The molecule has 0 radical (unpaired) electrons. The number of hydrogen-bond acceptors (Lipinski definition) is 12. The summed E-state index contributed by atoms with van der Waals surface area (Å²) in [5.74, 6) is -8.30. The fourth-order valence-electron chi connectivity index (χ4n) is 6.91. The minimum atomic E-state index is -5.50. The number of alkyl halides is 4. The molecule has 0 saturated carbocycles. The molecule has 17 heteroatoms. The maximum Gasteiger partial charge on any atom is 0.471 e. The number of phenolic OH excluding ortho intramolecular Hbond substituents is 2. The van der Waals surface area contributed by atoms with Crippen LogP contribution in [0.1, 0.15) is 79.7 Å². The molecule has 1 saturated heterocycles. The van der Waals surface area contributed by atoms with Gasteiger partial charge in [-0.25, -0.2) is 9.18 Å². The number of benzene rings is 3. The lowest BCUT2D eigenvalue weighted by molar-refractivity contribution is -0.276. The van der Waals surface area contributed by atoms with Gasteiger partial charge in [-0.3, -0.25) is 19.2 Å². The van der Waals surface area contributed by atoms with Gasteiger partial charge in [-0.05, 0) is 32.0 Å². The number of fused-ring (bicyclic) bond motifs is 3. The predicted octanol–water partition coefficient (Wildman–Crippen LogP) is 3.56. The summed E-state index contributed by atoms with van der Waals surface area (Å²) >= 11 is 0. The third-order valence-electron chi connectivity index (χ3n) is 9.61. The summed E-state index contributed by atoms with van der Waals surface area (Å²) in [6.07, 6.45) is -17.2. The van der Waals surface area contributed by atoms with Gasteiger partial charge in [-0.1, -0.05) is 30.3 Å². The van der Waals surface area contributed by atoms with Crippen LogP contribution >= 0.6 is 0 Å². The lowest BCUT2D eigenvalue weighted by Gasteiger charge is -2.45. The Kier molecular flexibility index (Phi) is 9.55. The smallest absolute Gasteiger partial charge is 0.471 e. The summed E-state index contributed by atoms with van der Waals surface area (Å²) in [4.78, 5) is 65.3. The van der Waals surface area contributed by atoms with Crippen LogP contribution in [0, 0.1) is 0 Å². The standard InChI is InChI=1S/C36H31F4NO12/c1-14-31(53-32(47)16-8-5-4-6-9-16)26(41-34(48)36(38,39)40)25(37)33(51-14)52-20-13-35(49,15(2)42)12-18-22(20)30(46)24-23(28(18)44)27(43)17-10-7-11-19(50-3)21(17)29(24)45/h4-11,14,20,25-26,31,33,44,46,49H,12-13H2,1-3H3,(H,41,48)/t14-,20-,25-,26-,31+,33-,35-/m0/s1. The van der Waals surface area contributed by atoms with E-state index in [4.69, 9.17) is 18.9 Å². The van der Waals surface area contributed by atoms with Crippen LogP contribution in [-0.2, 0) is 30.2 Å². The lowest BCUT2D eigenvalue weighted by atomic mass is 9.72. The highest BCUT2D eigenvalue weighted by Crippen LogP contribution is 2.52. The van der Waals surface area contributed by atoms with Gasteiger partial charge >= 0.3 is 18.1 Å². The highest BCUT2D eigenvalue weighted by Gasteiger charge is 2.54. The van der Waals surface area contributed by atoms with Crippen molar-refractivity contribution < 1.29 is 75.8 Å². The number of rotatable bonds is 7. The molecule has 3 aromatic rings. The number of aliphatic hydroxyl groups is 1. The minimum Gasteiger partial charge on any atom is -0.507 e. The van der Waals surface area contributed by atoms with E-state index in [2.05, 4.69) is 0 Å². The molecule has 3 aliphatic rings. The number of Topliss-reactive ketones (excluding diaryl/α,β-unsaturated/α-hetero) is 1. The van der Waals surface area contributed by atoms with E-state index in [1.54, 1.807) is 6.07 Å². The van der Waals surface area contributed by atoms with Gasteiger partial charge in [0.1, 0.15) is 28.9 Å². The molecule has 0 unspecified atom stereocenters.